The molecule has 0 fully saturated rings. The first-order chi connectivity index (χ1) is 10.7. The van der Waals surface area contributed by atoms with Gasteiger partial charge in [0.2, 0.25) is 0 Å². The monoisotopic (exact) mass is 323 g/mol. The second-order valence-corrected chi connectivity index (χ2v) is 6.36. The van der Waals surface area contributed by atoms with Crippen LogP contribution in [-0.4, -0.2) is 39.0 Å². The molecule has 1 rings (SSSR count). The fourth-order valence-corrected chi connectivity index (χ4v) is 2.95. The van der Waals surface area contributed by atoms with Crippen molar-refractivity contribution in [2.45, 2.75) is 31.6 Å². The molecule has 0 saturated carbocycles. The second kappa shape index (κ2) is 11.2. The molecular weight excluding hydrogens is 294 g/mol. The molecule has 4 nitrogen and oxygen atoms in total. The smallest absolute Gasteiger partial charge is 0.190 e. The SMILES string of the molecule is CCCCNC(=NC)NCC(C)CSc1ccccc1OC. The predicted molar refractivity (Wildman–Crippen MR) is 97.2 cm³/mol. The van der Waals surface area contributed by atoms with Crippen molar-refractivity contribution in [2.75, 3.05) is 33.0 Å². The zero-order valence-corrected chi connectivity index (χ0v) is 15.0. The third kappa shape index (κ3) is 7.07. The van der Waals surface area contributed by atoms with Gasteiger partial charge in [0.15, 0.2) is 5.96 Å². The largest absolute Gasteiger partial charge is 0.496 e. The van der Waals surface area contributed by atoms with E-state index in [-0.39, 0.29) is 0 Å². The highest BCUT2D eigenvalue weighted by molar-refractivity contribution is 7.99. The Morgan fingerprint density at radius 1 is 1.32 bits per heavy atom. The van der Waals surface area contributed by atoms with Gasteiger partial charge in [0, 0.05) is 30.8 Å². The van der Waals surface area contributed by atoms with Crippen LogP contribution in [-0.2, 0) is 0 Å². The molecule has 1 aromatic carbocycles. The van der Waals surface area contributed by atoms with Crippen LogP contribution in [0.15, 0.2) is 34.2 Å². The predicted octanol–water partition coefficient (Wildman–Crippen LogP) is 3.39. The van der Waals surface area contributed by atoms with Gasteiger partial charge in [0.05, 0.1) is 7.11 Å². The number of methoxy groups -OCH3 is 1. The maximum absolute atomic E-state index is 5.38. The fourth-order valence-electron chi connectivity index (χ4n) is 1.90. The van der Waals surface area contributed by atoms with Crippen LogP contribution < -0.4 is 15.4 Å². The standard InChI is InChI=1S/C17H29N3OS/c1-5-6-11-19-17(18-3)20-12-14(2)13-22-16-10-8-7-9-15(16)21-4/h7-10,14H,5-6,11-13H2,1-4H3,(H2,18,19,20). The van der Waals surface area contributed by atoms with E-state index in [4.69, 9.17) is 4.74 Å². The third-order valence-corrected chi connectivity index (χ3v) is 4.64. The number of unbranched alkanes of at least 4 members (excludes halogenated alkanes) is 1. The molecule has 1 unspecified atom stereocenters. The molecule has 124 valence electrons. The van der Waals surface area contributed by atoms with Crippen molar-refractivity contribution in [3.63, 3.8) is 0 Å². The number of benzene rings is 1. The Labute approximate surface area is 139 Å². The molecule has 2 N–H and O–H groups in total. The molecule has 1 aromatic rings. The van der Waals surface area contributed by atoms with Gasteiger partial charge in [0.1, 0.15) is 5.75 Å². The number of hydrogen-bond donors (Lipinski definition) is 2. The molecule has 5 heteroatoms. The molecule has 0 aromatic heterocycles. The van der Waals surface area contributed by atoms with Gasteiger partial charge >= 0.3 is 0 Å². The Balaban J connectivity index is 2.32. The summed E-state index contributed by atoms with van der Waals surface area (Å²) in [6.07, 6.45) is 2.36. The minimum Gasteiger partial charge on any atom is -0.496 e. The van der Waals surface area contributed by atoms with E-state index in [2.05, 4.69) is 35.5 Å². The number of nitrogens with one attached hydrogen (secondary N) is 2. The van der Waals surface area contributed by atoms with E-state index >= 15 is 0 Å². The topological polar surface area (TPSA) is 45.7 Å². The number of guanidine groups is 1. The van der Waals surface area contributed by atoms with Crippen LogP contribution >= 0.6 is 11.8 Å². The normalized spacial score (nSPS) is 12.8. The van der Waals surface area contributed by atoms with Gasteiger partial charge in [0.25, 0.3) is 0 Å². The van der Waals surface area contributed by atoms with Crippen LogP contribution in [0.25, 0.3) is 0 Å². The minimum atomic E-state index is 0.541. The Bertz CT molecular complexity index is 451. The number of hydrogen-bond acceptors (Lipinski definition) is 3. The zero-order chi connectivity index (χ0) is 16.2. The van der Waals surface area contributed by atoms with Crippen molar-refractivity contribution in [2.24, 2.45) is 10.9 Å². The molecule has 1 atom stereocenters. The summed E-state index contributed by atoms with van der Waals surface area (Å²) in [5, 5.41) is 6.72. The summed E-state index contributed by atoms with van der Waals surface area (Å²) >= 11 is 1.84. The second-order valence-electron chi connectivity index (χ2n) is 5.30. The minimum absolute atomic E-state index is 0.541. The Morgan fingerprint density at radius 3 is 2.77 bits per heavy atom. The molecule has 0 heterocycles. The number of rotatable bonds is 9. The van der Waals surface area contributed by atoms with Gasteiger partial charge in [-0.15, -0.1) is 11.8 Å². The molecule has 22 heavy (non-hydrogen) atoms. The number of ether oxygens (including phenoxy) is 1. The zero-order valence-electron chi connectivity index (χ0n) is 14.2. The maximum atomic E-state index is 5.38. The lowest BCUT2D eigenvalue weighted by Crippen LogP contribution is -2.40. The lowest BCUT2D eigenvalue weighted by molar-refractivity contribution is 0.405. The summed E-state index contributed by atoms with van der Waals surface area (Å²) in [5.74, 6) is 3.42. The Morgan fingerprint density at radius 2 is 2.09 bits per heavy atom. The van der Waals surface area contributed by atoms with E-state index in [1.807, 2.05) is 37.0 Å². The van der Waals surface area contributed by atoms with Gasteiger partial charge in [-0.1, -0.05) is 32.4 Å². The Hall–Kier alpha value is -1.36. The van der Waals surface area contributed by atoms with Crippen LogP contribution in [0.4, 0.5) is 0 Å². The van der Waals surface area contributed by atoms with Gasteiger partial charge in [-0.3, -0.25) is 4.99 Å². The summed E-state index contributed by atoms with van der Waals surface area (Å²) < 4.78 is 5.38. The average Bonchev–Trinajstić information content (AvgIpc) is 2.56. The fraction of sp³-hybridized carbons (Fsp3) is 0.588. The Kier molecular flexibility index (Phi) is 9.55. The third-order valence-electron chi connectivity index (χ3n) is 3.26. The van der Waals surface area contributed by atoms with E-state index in [0.717, 1.165) is 30.6 Å². The highest BCUT2D eigenvalue weighted by atomic mass is 32.2. The van der Waals surface area contributed by atoms with Gasteiger partial charge in [-0.25, -0.2) is 0 Å². The van der Waals surface area contributed by atoms with E-state index < -0.39 is 0 Å². The average molecular weight is 324 g/mol. The quantitative estimate of drug-likeness (QED) is 0.316. The van der Waals surface area contributed by atoms with Crippen molar-refractivity contribution >= 4 is 17.7 Å². The summed E-state index contributed by atoms with van der Waals surface area (Å²) in [5.41, 5.74) is 0. The lowest BCUT2D eigenvalue weighted by atomic mass is 10.2. The van der Waals surface area contributed by atoms with Crippen LogP contribution in [0.5, 0.6) is 5.75 Å². The first kappa shape index (κ1) is 18.7. The van der Waals surface area contributed by atoms with Crippen LogP contribution in [0.2, 0.25) is 0 Å². The molecule has 0 aliphatic heterocycles. The van der Waals surface area contributed by atoms with Crippen LogP contribution in [0, 0.1) is 5.92 Å². The number of nitrogens with zero attached hydrogens (tertiary/aromatic N) is 1. The number of thioether (sulfide) groups is 1. The van der Waals surface area contributed by atoms with Crippen molar-refractivity contribution in [1.29, 1.82) is 0 Å². The summed E-state index contributed by atoms with van der Waals surface area (Å²) in [7, 11) is 3.53. The van der Waals surface area contributed by atoms with E-state index in [1.165, 1.54) is 17.7 Å². The molecule has 0 aliphatic rings. The summed E-state index contributed by atoms with van der Waals surface area (Å²) in [6, 6.07) is 8.16. The highest BCUT2D eigenvalue weighted by Gasteiger charge is 2.07. The first-order valence-electron chi connectivity index (χ1n) is 7.91. The van der Waals surface area contributed by atoms with E-state index in [9.17, 15) is 0 Å². The maximum Gasteiger partial charge on any atom is 0.190 e. The van der Waals surface area contributed by atoms with Crippen molar-refractivity contribution < 1.29 is 4.74 Å². The molecule has 0 spiro atoms. The molecule has 0 aliphatic carbocycles. The molecule has 0 saturated heterocycles. The van der Waals surface area contributed by atoms with Gasteiger partial charge in [-0.2, -0.15) is 0 Å². The molecular formula is C17H29N3OS. The molecule has 0 bridgehead atoms. The van der Waals surface area contributed by atoms with Gasteiger partial charge < -0.3 is 15.4 Å². The van der Waals surface area contributed by atoms with Gasteiger partial charge in [-0.05, 0) is 24.5 Å². The highest BCUT2D eigenvalue weighted by Crippen LogP contribution is 2.29. The first-order valence-corrected chi connectivity index (χ1v) is 8.90. The van der Waals surface area contributed by atoms with Crippen molar-refractivity contribution in [3.8, 4) is 5.75 Å². The molecule has 0 amide bonds. The van der Waals surface area contributed by atoms with E-state index in [1.54, 1.807) is 7.11 Å². The number of para-hydroxylation sites is 1. The van der Waals surface area contributed by atoms with Crippen LogP contribution in [0.3, 0.4) is 0 Å². The van der Waals surface area contributed by atoms with Crippen molar-refractivity contribution in [1.82, 2.24) is 10.6 Å². The van der Waals surface area contributed by atoms with E-state index in [0.29, 0.717) is 5.92 Å². The lowest BCUT2D eigenvalue weighted by Gasteiger charge is -2.16. The summed E-state index contributed by atoms with van der Waals surface area (Å²) in [6.45, 7) is 6.32. The molecule has 0 radical (unpaired) electrons. The number of aliphatic imine (C=N–C) groups is 1. The van der Waals surface area contributed by atoms with Crippen LogP contribution in [0.1, 0.15) is 26.7 Å². The van der Waals surface area contributed by atoms with Crippen molar-refractivity contribution in [3.05, 3.63) is 24.3 Å². The summed E-state index contributed by atoms with van der Waals surface area (Å²) in [4.78, 5) is 5.44.